The number of morpholine rings is 1. The third kappa shape index (κ3) is 5.52. The zero-order chi connectivity index (χ0) is 24.9. The normalized spacial score (nSPS) is 17.1. The van der Waals surface area contributed by atoms with Crippen LogP contribution >= 0.6 is 15.9 Å². The smallest absolute Gasteiger partial charge is 0.282 e. The number of benzene rings is 2. The standard InChI is InChI=1S/C27H29BrN4O4/c28-22-16-19(10-11-24(22)36-18-25(33)31-12-14-35-15-13-31)17-29-32-26(20-6-2-1-3-7-20)30-23-9-5-4-8-21(23)27(32)34/h4-5,8-11,16-17,20H,1-3,6-7,12-15,18H2. The predicted molar refractivity (Wildman–Crippen MR) is 142 cm³/mol. The Morgan fingerprint density at radius 3 is 2.69 bits per heavy atom. The van der Waals surface area contributed by atoms with Crippen LogP contribution in [0.5, 0.6) is 5.75 Å². The molecule has 9 heteroatoms. The zero-order valence-corrected chi connectivity index (χ0v) is 21.7. The summed E-state index contributed by atoms with van der Waals surface area (Å²) in [4.78, 5) is 32.3. The van der Waals surface area contributed by atoms with Crippen LogP contribution in [0, 0.1) is 0 Å². The maximum absolute atomic E-state index is 13.3. The lowest BCUT2D eigenvalue weighted by atomic mass is 9.88. The second-order valence-corrected chi connectivity index (χ2v) is 10.0. The van der Waals surface area contributed by atoms with Crippen molar-refractivity contribution in [3.8, 4) is 5.75 Å². The Hall–Kier alpha value is -3.04. The molecule has 5 rings (SSSR count). The van der Waals surface area contributed by atoms with Crippen LogP contribution in [0.15, 0.2) is 56.8 Å². The average Bonchev–Trinajstić information content (AvgIpc) is 2.93. The molecule has 2 heterocycles. The molecule has 2 aromatic carbocycles. The average molecular weight is 553 g/mol. The molecule has 188 valence electrons. The first-order valence-electron chi connectivity index (χ1n) is 12.4. The molecule has 0 bridgehead atoms. The fourth-order valence-electron chi connectivity index (χ4n) is 4.76. The van der Waals surface area contributed by atoms with E-state index >= 15 is 0 Å². The van der Waals surface area contributed by atoms with Crippen LogP contribution in [0.3, 0.4) is 0 Å². The lowest BCUT2D eigenvalue weighted by Gasteiger charge is -2.26. The summed E-state index contributed by atoms with van der Waals surface area (Å²) in [7, 11) is 0. The minimum atomic E-state index is -0.155. The van der Waals surface area contributed by atoms with Crippen molar-refractivity contribution < 1.29 is 14.3 Å². The van der Waals surface area contributed by atoms with Gasteiger partial charge in [-0.1, -0.05) is 31.4 Å². The number of hydrogen-bond acceptors (Lipinski definition) is 6. The molecule has 2 fully saturated rings. The van der Waals surface area contributed by atoms with Gasteiger partial charge in [-0.3, -0.25) is 9.59 Å². The number of hydrogen-bond donors (Lipinski definition) is 0. The summed E-state index contributed by atoms with van der Waals surface area (Å²) in [6.45, 7) is 2.26. The molecule has 8 nitrogen and oxygen atoms in total. The van der Waals surface area contributed by atoms with Crippen LogP contribution in [-0.4, -0.2) is 59.6 Å². The lowest BCUT2D eigenvalue weighted by Crippen LogP contribution is -2.43. The van der Waals surface area contributed by atoms with Gasteiger partial charge in [0.2, 0.25) is 0 Å². The Morgan fingerprint density at radius 2 is 1.92 bits per heavy atom. The van der Waals surface area contributed by atoms with Crippen molar-refractivity contribution in [2.75, 3.05) is 32.9 Å². The second-order valence-electron chi connectivity index (χ2n) is 9.16. The quantitative estimate of drug-likeness (QED) is 0.425. The predicted octanol–water partition coefficient (Wildman–Crippen LogP) is 4.33. The summed E-state index contributed by atoms with van der Waals surface area (Å²) in [5.74, 6) is 1.46. The van der Waals surface area contributed by atoms with Gasteiger partial charge in [-0.05, 0) is 64.7 Å². The minimum Gasteiger partial charge on any atom is -0.483 e. The summed E-state index contributed by atoms with van der Waals surface area (Å²) in [5, 5.41) is 5.15. The zero-order valence-electron chi connectivity index (χ0n) is 20.1. The van der Waals surface area contributed by atoms with Gasteiger partial charge in [-0.25, -0.2) is 4.98 Å². The Bertz CT molecular complexity index is 1330. The van der Waals surface area contributed by atoms with Crippen molar-refractivity contribution in [2.24, 2.45) is 5.10 Å². The number of rotatable bonds is 6. The van der Waals surface area contributed by atoms with Crippen LogP contribution in [0.1, 0.15) is 49.4 Å². The van der Waals surface area contributed by atoms with E-state index in [2.05, 4.69) is 21.0 Å². The van der Waals surface area contributed by atoms with E-state index in [4.69, 9.17) is 14.5 Å². The lowest BCUT2D eigenvalue weighted by molar-refractivity contribution is -0.137. The number of carbonyl (C=O) groups is 1. The first-order chi connectivity index (χ1) is 17.6. The molecule has 0 radical (unpaired) electrons. The van der Waals surface area contributed by atoms with E-state index in [-0.39, 0.29) is 24.0 Å². The number of aromatic nitrogens is 2. The molecule has 36 heavy (non-hydrogen) atoms. The molecule has 1 aliphatic heterocycles. The number of para-hydroxylation sites is 1. The third-order valence-electron chi connectivity index (χ3n) is 6.74. The molecule has 3 aromatic rings. The van der Waals surface area contributed by atoms with Crippen LogP contribution in [-0.2, 0) is 9.53 Å². The molecule has 2 aliphatic rings. The molecule has 0 N–H and O–H groups in total. The van der Waals surface area contributed by atoms with Crippen LogP contribution < -0.4 is 10.3 Å². The van der Waals surface area contributed by atoms with Crippen molar-refractivity contribution in [2.45, 2.75) is 38.0 Å². The summed E-state index contributed by atoms with van der Waals surface area (Å²) >= 11 is 3.53. The molecule has 1 amide bonds. The second kappa shape index (κ2) is 11.3. The van der Waals surface area contributed by atoms with E-state index in [0.717, 1.165) is 37.1 Å². The van der Waals surface area contributed by atoms with Gasteiger partial charge in [-0.15, -0.1) is 0 Å². The summed E-state index contributed by atoms with van der Waals surface area (Å²) in [6.07, 6.45) is 7.19. The van der Waals surface area contributed by atoms with Gasteiger partial charge in [0.25, 0.3) is 11.5 Å². The van der Waals surface area contributed by atoms with E-state index in [1.165, 1.54) is 11.1 Å². The van der Waals surface area contributed by atoms with Gasteiger partial charge in [0, 0.05) is 19.0 Å². The highest BCUT2D eigenvalue weighted by molar-refractivity contribution is 9.10. The minimum absolute atomic E-state index is 0.0328. The van der Waals surface area contributed by atoms with Crippen molar-refractivity contribution in [3.63, 3.8) is 0 Å². The summed E-state index contributed by atoms with van der Waals surface area (Å²) < 4.78 is 13.2. The first kappa shape index (κ1) is 24.6. The Labute approximate surface area is 218 Å². The first-order valence-corrected chi connectivity index (χ1v) is 13.2. The highest BCUT2D eigenvalue weighted by atomic mass is 79.9. The van der Waals surface area contributed by atoms with Crippen molar-refractivity contribution >= 4 is 39.0 Å². The molecule has 1 aliphatic carbocycles. The fraction of sp³-hybridized carbons (Fsp3) is 0.407. The highest BCUT2D eigenvalue weighted by Gasteiger charge is 2.22. The van der Waals surface area contributed by atoms with Crippen molar-refractivity contribution in [1.29, 1.82) is 0 Å². The maximum Gasteiger partial charge on any atom is 0.282 e. The number of halogens is 1. The topological polar surface area (TPSA) is 86.0 Å². The monoisotopic (exact) mass is 552 g/mol. The van der Waals surface area contributed by atoms with Crippen molar-refractivity contribution in [3.05, 3.63) is 68.7 Å². The molecular formula is C27H29BrN4O4. The SMILES string of the molecule is O=C(COc1ccc(C=Nn2c(C3CCCCC3)nc3ccccc3c2=O)cc1Br)N1CCOCC1. The van der Waals surface area contributed by atoms with Gasteiger partial charge in [-0.2, -0.15) is 9.78 Å². The van der Waals surface area contributed by atoms with E-state index in [1.54, 1.807) is 23.2 Å². The van der Waals surface area contributed by atoms with Gasteiger partial charge in [0.15, 0.2) is 6.61 Å². The highest BCUT2D eigenvalue weighted by Crippen LogP contribution is 2.32. The Morgan fingerprint density at radius 1 is 1.14 bits per heavy atom. The number of carbonyl (C=O) groups excluding carboxylic acids is 1. The number of fused-ring (bicyclic) bond motifs is 1. The largest absolute Gasteiger partial charge is 0.483 e. The fourth-order valence-corrected chi connectivity index (χ4v) is 5.27. The Kier molecular flexibility index (Phi) is 7.77. The van der Waals surface area contributed by atoms with Crippen LogP contribution in [0.2, 0.25) is 0 Å². The van der Waals surface area contributed by atoms with E-state index in [1.807, 2.05) is 30.3 Å². The molecule has 1 saturated carbocycles. The molecule has 1 saturated heterocycles. The molecule has 1 aromatic heterocycles. The number of ether oxygens (including phenoxy) is 2. The molecule has 0 unspecified atom stereocenters. The van der Waals surface area contributed by atoms with Gasteiger partial charge >= 0.3 is 0 Å². The maximum atomic E-state index is 13.3. The molecule has 0 atom stereocenters. The number of nitrogens with zero attached hydrogens (tertiary/aromatic N) is 4. The number of amides is 1. The summed E-state index contributed by atoms with van der Waals surface area (Å²) in [5.41, 5.74) is 1.35. The van der Waals surface area contributed by atoms with Crippen molar-refractivity contribution in [1.82, 2.24) is 14.6 Å². The molecule has 0 spiro atoms. The Balaban J connectivity index is 1.36. The van der Waals surface area contributed by atoms with Gasteiger partial charge < -0.3 is 14.4 Å². The van der Waals surface area contributed by atoms with E-state index < -0.39 is 0 Å². The summed E-state index contributed by atoms with van der Waals surface area (Å²) in [6, 6.07) is 12.9. The van der Waals surface area contributed by atoms with Crippen LogP contribution in [0.25, 0.3) is 10.9 Å². The van der Waals surface area contributed by atoms with E-state index in [0.29, 0.717) is 47.4 Å². The van der Waals surface area contributed by atoms with Gasteiger partial charge in [0.05, 0.1) is 34.8 Å². The van der Waals surface area contributed by atoms with Gasteiger partial charge in [0.1, 0.15) is 11.6 Å². The molecular weight excluding hydrogens is 524 g/mol. The van der Waals surface area contributed by atoms with Crippen LogP contribution in [0.4, 0.5) is 0 Å². The third-order valence-corrected chi connectivity index (χ3v) is 7.36. The van der Waals surface area contributed by atoms with E-state index in [9.17, 15) is 9.59 Å².